The maximum atomic E-state index is 5.85. The lowest BCUT2D eigenvalue weighted by molar-refractivity contribution is 0.312. The van der Waals surface area contributed by atoms with E-state index in [1.807, 2.05) is 19.2 Å². The molecule has 1 N–H and O–H groups in total. The largest absolute Gasteiger partial charge is 0.493 e. The third-order valence-electron chi connectivity index (χ3n) is 2.90. The standard InChI is InChI=1S/C15H18BrNOS/c1-3-8-18-13-7-5-4-6-12(13)15(17-2)11-9-14(16)19-10-11/h4-7,9-10,15,17H,3,8H2,1-2H3. The topological polar surface area (TPSA) is 21.3 Å². The van der Waals surface area contributed by atoms with Crippen LogP contribution in [0.2, 0.25) is 0 Å². The molecule has 2 nitrogen and oxygen atoms in total. The first-order chi connectivity index (χ1) is 9.26. The molecule has 1 aromatic heterocycles. The number of benzene rings is 1. The fourth-order valence-electron chi connectivity index (χ4n) is 2.04. The Morgan fingerprint density at radius 1 is 1.37 bits per heavy atom. The number of nitrogens with one attached hydrogen (secondary N) is 1. The van der Waals surface area contributed by atoms with Crippen molar-refractivity contribution in [3.05, 3.63) is 50.6 Å². The molecular formula is C15H18BrNOS. The number of rotatable bonds is 6. The lowest BCUT2D eigenvalue weighted by Gasteiger charge is -2.19. The van der Waals surface area contributed by atoms with Gasteiger partial charge in [0.2, 0.25) is 0 Å². The Morgan fingerprint density at radius 2 is 2.16 bits per heavy atom. The Bertz CT molecular complexity index is 526. The van der Waals surface area contributed by atoms with Crippen LogP contribution in [0, 0.1) is 0 Å². The highest BCUT2D eigenvalue weighted by atomic mass is 79.9. The summed E-state index contributed by atoms with van der Waals surface area (Å²) >= 11 is 5.22. The summed E-state index contributed by atoms with van der Waals surface area (Å²) in [5.74, 6) is 0.964. The van der Waals surface area contributed by atoms with Crippen molar-refractivity contribution in [1.82, 2.24) is 5.32 Å². The molecule has 0 saturated carbocycles. The molecule has 0 saturated heterocycles. The monoisotopic (exact) mass is 339 g/mol. The van der Waals surface area contributed by atoms with E-state index in [0.29, 0.717) is 0 Å². The summed E-state index contributed by atoms with van der Waals surface area (Å²) in [6, 6.07) is 10.6. The van der Waals surface area contributed by atoms with Crippen molar-refractivity contribution < 1.29 is 4.74 Å². The second-order valence-corrected chi connectivity index (χ2v) is 6.58. The van der Waals surface area contributed by atoms with Crippen LogP contribution in [-0.2, 0) is 0 Å². The van der Waals surface area contributed by atoms with Crippen molar-refractivity contribution in [2.24, 2.45) is 0 Å². The lowest BCUT2D eigenvalue weighted by atomic mass is 10.0. The van der Waals surface area contributed by atoms with Crippen LogP contribution < -0.4 is 10.1 Å². The number of para-hydroxylation sites is 1. The van der Waals surface area contributed by atoms with E-state index >= 15 is 0 Å². The Labute approximate surface area is 126 Å². The van der Waals surface area contributed by atoms with Crippen molar-refractivity contribution in [3.8, 4) is 5.75 Å². The SMILES string of the molecule is CCCOc1ccccc1C(NC)c1csc(Br)c1. The Morgan fingerprint density at radius 3 is 2.79 bits per heavy atom. The van der Waals surface area contributed by atoms with Crippen LogP contribution in [-0.4, -0.2) is 13.7 Å². The summed E-state index contributed by atoms with van der Waals surface area (Å²) in [5, 5.41) is 5.54. The number of hydrogen-bond acceptors (Lipinski definition) is 3. The molecule has 1 aromatic carbocycles. The summed E-state index contributed by atoms with van der Waals surface area (Å²) in [4.78, 5) is 0. The van der Waals surface area contributed by atoms with Crippen molar-refractivity contribution in [2.45, 2.75) is 19.4 Å². The van der Waals surface area contributed by atoms with Crippen molar-refractivity contribution in [2.75, 3.05) is 13.7 Å². The van der Waals surface area contributed by atoms with Crippen LogP contribution in [0.25, 0.3) is 0 Å². The summed E-state index contributed by atoms with van der Waals surface area (Å²) in [6.45, 7) is 2.87. The van der Waals surface area contributed by atoms with Gasteiger partial charge in [-0.05, 0) is 52.5 Å². The van der Waals surface area contributed by atoms with Gasteiger partial charge in [-0.3, -0.25) is 0 Å². The molecule has 0 aliphatic carbocycles. The van der Waals surface area contributed by atoms with Crippen molar-refractivity contribution in [3.63, 3.8) is 0 Å². The minimum absolute atomic E-state index is 0.163. The molecule has 102 valence electrons. The predicted octanol–water partition coefficient (Wildman–Crippen LogP) is 4.61. The van der Waals surface area contributed by atoms with Crippen LogP contribution in [0.15, 0.2) is 39.5 Å². The molecule has 0 aliphatic rings. The van der Waals surface area contributed by atoms with Crippen molar-refractivity contribution in [1.29, 1.82) is 0 Å². The average Bonchev–Trinajstić information content (AvgIpc) is 2.85. The molecule has 0 spiro atoms. The van der Waals surface area contributed by atoms with E-state index < -0.39 is 0 Å². The lowest BCUT2D eigenvalue weighted by Crippen LogP contribution is -2.18. The number of ether oxygens (including phenoxy) is 1. The van der Waals surface area contributed by atoms with Gasteiger partial charge < -0.3 is 10.1 Å². The minimum atomic E-state index is 0.163. The highest BCUT2D eigenvalue weighted by molar-refractivity contribution is 9.11. The van der Waals surface area contributed by atoms with Gasteiger partial charge in [0.25, 0.3) is 0 Å². The molecule has 0 aliphatic heterocycles. The van der Waals surface area contributed by atoms with Crippen LogP contribution in [0.1, 0.15) is 30.5 Å². The van der Waals surface area contributed by atoms with Gasteiger partial charge in [0, 0.05) is 5.56 Å². The van der Waals surface area contributed by atoms with Crippen LogP contribution in [0.4, 0.5) is 0 Å². The zero-order chi connectivity index (χ0) is 13.7. The number of halogens is 1. The van der Waals surface area contributed by atoms with Crippen LogP contribution >= 0.6 is 27.3 Å². The second-order valence-electron chi connectivity index (χ2n) is 4.29. The van der Waals surface area contributed by atoms with Crippen LogP contribution in [0.5, 0.6) is 5.75 Å². The zero-order valence-electron chi connectivity index (χ0n) is 11.2. The quantitative estimate of drug-likeness (QED) is 0.829. The van der Waals surface area contributed by atoms with Gasteiger partial charge in [-0.2, -0.15) is 0 Å². The van der Waals surface area contributed by atoms with Crippen molar-refractivity contribution >= 4 is 27.3 Å². The summed E-state index contributed by atoms with van der Waals surface area (Å²) in [6.07, 6.45) is 1.02. The molecule has 0 radical (unpaired) electrons. The molecule has 1 unspecified atom stereocenters. The first kappa shape index (κ1) is 14.6. The summed E-state index contributed by atoms with van der Waals surface area (Å²) < 4.78 is 7.00. The van der Waals surface area contributed by atoms with E-state index in [9.17, 15) is 0 Å². The molecule has 0 bridgehead atoms. The van der Waals surface area contributed by atoms with Gasteiger partial charge >= 0.3 is 0 Å². The summed E-state index contributed by atoms with van der Waals surface area (Å²) in [5.41, 5.74) is 2.44. The van der Waals surface area contributed by atoms with Gasteiger partial charge in [0.1, 0.15) is 5.75 Å². The Balaban J connectivity index is 2.32. The smallest absolute Gasteiger partial charge is 0.124 e. The maximum Gasteiger partial charge on any atom is 0.124 e. The summed E-state index contributed by atoms with van der Waals surface area (Å²) in [7, 11) is 1.98. The van der Waals surface area contributed by atoms with Crippen LogP contribution in [0.3, 0.4) is 0 Å². The first-order valence-corrected chi connectivity index (χ1v) is 8.06. The average molecular weight is 340 g/mol. The molecule has 1 heterocycles. The third-order valence-corrected chi connectivity index (χ3v) is 4.42. The minimum Gasteiger partial charge on any atom is -0.493 e. The zero-order valence-corrected chi connectivity index (χ0v) is 13.6. The van der Waals surface area contributed by atoms with Gasteiger partial charge in [0.15, 0.2) is 0 Å². The predicted molar refractivity (Wildman–Crippen MR) is 85.1 cm³/mol. The number of thiophene rings is 1. The molecule has 1 atom stereocenters. The van der Waals surface area contributed by atoms with Gasteiger partial charge in [-0.15, -0.1) is 11.3 Å². The highest BCUT2D eigenvalue weighted by Crippen LogP contribution is 2.33. The van der Waals surface area contributed by atoms with E-state index in [2.05, 4.69) is 51.7 Å². The maximum absolute atomic E-state index is 5.85. The van der Waals surface area contributed by atoms with E-state index in [4.69, 9.17) is 4.74 Å². The molecule has 19 heavy (non-hydrogen) atoms. The molecular weight excluding hydrogens is 322 g/mol. The van der Waals surface area contributed by atoms with E-state index in [1.165, 1.54) is 11.1 Å². The molecule has 2 rings (SSSR count). The normalized spacial score (nSPS) is 12.4. The fourth-order valence-corrected chi connectivity index (χ4v) is 3.24. The van der Waals surface area contributed by atoms with E-state index in [1.54, 1.807) is 11.3 Å². The Hall–Kier alpha value is -0.840. The van der Waals surface area contributed by atoms with Gasteiger partial charge in [-0.1, -0.05) is 25.1 Å². The first-order valence-electron chi connectivity index (χ1n) is 6.39. The highest BCUT2D eigenvalue weighted by Gasteiger charge is 2.17. The Kier molecular flexibility index (Phi) is 5.43. The second kappa shape index (κ2) is 7.08. The number of hydrogen-bond donors (Lipinski definition) is 1. The van der Waals surface area contributed by atoms with Gasteiger partial charge in [-0.25, -0.2) is 0 Å². The fraction of sp³-hybridized carbons (Fsp3) is 0.333. The van der Waals surface area contributed by atoms with E-state index in [0.717, 1.165) is 22.6 Å². The van der Waals surface area contributed by atoms with E-state index in [-0.39, 0.29) is 6.04 Å². The third kappa shape index (κ3) is 3.59. The molecule has 2 aromatic rings. The molecule has 4 heteroatoms. The molecule has 0 amide bonds. The van der Waals surface area contributed by atoms with Gasteiger partial charge in [0.05, 0.1) is 16.4 Å². The molecule has 0 fully saturated rings.